The van der Waals surface area contributed by atoms with E-state index in [1.165, 1.54) is 13.2 Å². The van der Waals surface area contributed by atoms with Crippen LogP contribution in [0.25, 0.3) is 11.1 Å². The number of aliphatic hydroxyl groups excluding tert-OH is 1. The molecule has 0 bridgehead atoms. The van der Waals surface area contributed by atoms with Crippen molar-refractivity contribution >= 4 is 5.69 Å². The van der Waals surface area contributed by atoms with E-state index in [0.29, 0.717) is 24.3 Å². The fourth-order valence-electron chi connectivity index (χ4n) is 3.67. The lowest BCUT2D eigenvalue weighted by molar-refractivity contribution is -0.0764. The number of hydrogen-bond donors (Lipinski definition) is 2. The van der Waals surface area contributed by atoms with E-state index in [1.807, 2.05) is 24.3 Å². The maximum Gasteiger partial charge on any atom is 0.182 e. The van der Waals surface area contributed by atoms with Crippen LogP contribution < -0.4 is 10.1 Å². The van der Waals surface area contributed by atoms with Crippen LogP contribution in [0.1, 0.15) is 29.8 Å². The number of aromatic nitrogens is 1. The predicted octanol–water partition coefficient (Wildman–Crippen LogP) is 4.50. The Morgan fingerprint density at radius 2 is 2.14 bits per heavy atom. The molecule has 2 atom stereocenters. The molecule has 4 rings (SSSR count). The zero-order valence-corrected chi connectivity index (χ0v) is 16.1. The molecule has 0 saturated carbocycles. The first-order chi connectivity index (χ1) is 14.2. The molecular weight excluding hydrogens is 371 g/mol. The summed E-state index contributed by atoms with van der Waals surface area (Å²) >= 11 is 0. The second-order valence-corrected chi connectivity index (χ2v) is 7.00. The van der Waals surface area contributed by atoms with E-state index in [2.05, 4.69) is 10.3 Å². The summed E-state index contributed by atoms with van der Waals surface area (Å²) in [6.45, 7) is 1.26. The van der Waals surface area contributed by atoms with Crippen molar-refractivity contribution in [3.63, 3.8) is 0 Å². The normalized spacial score (nSPS) is 16.6. The van der Waals surface area contributed by atoms with Gasteiger partial charge in [0.2, 0.25) is 0 Å². The van der Waals surface area contributed by atoms with Crippen LogP contribution in [0.4, 0.5) is 10.1 Å². The maximum atomic E-state index is 14.1. The van der Waals surface area contributed by atoms with Crippen LogP contribution in [0.2, 0.25) is 0 Å². The topological polar surface area (TPSA) is 63.6 Å². The smallest absolute Gasteiger partial charge is 0.182 e. The van der Waals surface area contributed by atoms with E-state index in [1.54, 1.807) is 30.6 Å². The Morgan fingerprint density at radius 1 is 1.28 bits per heavy atom. The average Bonchev–Trinajstić information content (AvgIpc) is 2.77. The number of nitrogens with zero attached hydrogens (tertiary/aromatic N) is 1. The molecule has 0 fully saturated rings. The molecule has 29 heavy (non-hydrogen) atoms. The van der Waals surface area contributed by atoms with E-state index in [4.69, 9.17) is 9.47 Å². The van der Waals surface area contributed by atoms with Gasteiger partial charge in [0, 0.05) is 36.9 Å². The third-order valence-electron chi connectivity index (χ3n) is 5.25. The molecule has 3 aromatic rings. The van der Waals surface area contributed by atoms with Gasteiger partial charge in [0.05, 0.1) is 18.5 Å². The zero-order valence-electron chi connectivity index (χ0n) is 16.1. The number of benzene rings is 2. The number of rotatable bonds is 6. The summed E-state index contributed by atoms with van der Waals surface area (Å²) in [6.07, 6.45) is 3.16. The highest BCUT2D eigenvalue weighted by atomic mass is 19.1. The number of anilines is 1. The molecule has 1 aromatic heterocycles. The van der Waals surface area contributed by atoms with Gasteiger partial charge in [-0.1, -0.05) is 30.3 Å². The molecule has 6 heteroatoms. The third kappa shape index (κ3) is 4.09. The first-order valence-electron chi connectivity index (χ1n) is 9.57. The minimum Gasteiger partial charge on any atom is -0.493 e. The summed E-state index contributed by atoms with van der Waals surface area (Å²) in [5, 5.41) is 13.4. The summed E-state index contributed by atoms with van der Waals surface area (Å²) in [7, 11) is 1.46. The molecule has 1 aliphatic heterocycles. The lowest BCUT2D eigenvalue weighted by Crippen LogP contribution is -2.21. The Kier molecular flexibility index (Phi) is 5.74. The van der Waals surface area contributed by atoms with Gasteiger partial charge >= 0.3 is 0 Å². The fourth-order valence-corrected chi connectivity index (χ4v) is 3.67. The Morgan fingerprint density at radius 3 is 2.97 bits per heavy atom. The Balaban J connectivity index is 1.55. The summed E-state index contributed by atoms with van der Waals surface area (Å²) in [6, 6.07) is 14.3. The molecule has 0 radical (unpaired) electrons. The molecular formula is C23H23FN2O3. The van der Waals surface area contributed by atoms with Crippen molar-refractivity contribution in [2.75, 3.05) is 25.6 Å². The Bertz CT molecular complexity index is 995. The minimum absolute atomic E-state index is 0.223. The highest BCUT2D eigenvalue weighted by molar-refractivity contribution is 5.67. The largest absolute Gasteiger partial charge is 0.493 e. The quantitative estimate of drug-likeness (QED) is 0.603. The highest BCUT2D eigenvalue weighted by Crippen LogP contribution is 2.37. The van der Waals surface area contributed by atoms with E-state index >= 15 is 0 Å². The number of hydrogen-bond acceptors (Lipinski definition) is 5. The van der Waals surface area contributed by atoms with Gasteiger partial charge < -0.3 is 19.9 Å². The van der Waals surface area contributed by atoms with E-state index in [0.717, 1.165) is 29.0 Å². The van der Waals surface area contributed by atoms with Crippen molar-refractivity contribution in [2.45, 2.75) is 18.6 Å². The second-order valence-electron chi connectivity index (χ2n) is 7.00. The lowest BCUT2D eigenvalue weighted by atomic mass is 9.91. The average molecular weight is 394 g/mol. The van der Waals surface area contributed by atoms with Gasteiger partial charge in [-0.3, -0.25) is 4.98 Å². The van der Waals surface area contributed by atoms with Crippen LogP contribution in [0.15, 0.2) is 60.9 Å². The molecule has 2 N–H and O–H groups in total. The lowest BCUT2D eigenvalue weighted by Gasteiger charge is -2.27. The van der Waals surface area contributed by atoms with Crippen molar-refractivity contribution in [2.24, 2.45) is 0 Å². The first-order valence-corrected chi connectivity index (χ1v) is 9.57. The van der Waals surface area contributed by atoms with Gasteiger partial charge in [-0.15, -0.1) is 0 Å². The number of ether oxygens (including phenoxy) is 2. The molecule has 2 aromatic carbocycles. The molecule has 1 aliphatic rings. The van der Waals surface area contributed by atoms with Crippen LogP contribution in [0.5, 0.6) is 5.75 Å². The van der Waals surface area contributed by atoms with Gasteiger partial charge in [0.15, 0.2) is 6.29 Å². The van der Waals surface area contributed by atoms with Crippen molar-refractivity contribution in [3.05, 3.63) is 77.9 Å². The van der Waals surface area contributed by atoms with Gasteiger partial charge in [0.25, 0.3) is 0 Å². The van der Waals surface area contributed by atoms with E-state index in [-0.39, 0.29) is 11.7 Å². The monoisotopic (exact) mass is 394 g/mol. The van der Waals surface area contributed by atoms with Crippen LogP contribution in [0.3, 0.4) is 0 Å². The first kappa shape index (κ1) is 19.4. The molecule has 150 valence electrons. The number of aliphatic hydroxyl groups is 1. The molecule has 2 heterocycles. The van der Waals surface area contributed by atoms with E-state index < -0.39 is 6.29 Å². The molecule has 0 amide bonds. The number of methoxy groups -OCH3 is 1. The number of nitrogens with one attached hydrogen (secondary N) is 1. The zero-order chi connectivity index (χ0) is 20.2. The summed E-state index contributed by atoms with van der Waals surface area (Å²) in [5.74, 6) is 0.760. The molecule has 0 spiro atoms. The van der Waals surface area contributed by atoms with Crippen molar-refractivity contribution in [3.8, 4) is 16.9 Å². The van der Waals surface area contributed by atoms with Crippen LogP contribution in [-0.2, 0) is 4.74 Å². The summed E-state index contributed by atoms with van der Waals surface area (Å²) in [5.41, 5.74) is 3.82. The van der Waals surface area contributed by atoms with Crippen LogP contribution in [-0.4, -0.2) is 30.4 Å². The number of fused-ring (bicyclic) bond motifs is 1. The Hall–Kier alpha value is -2.96. The van der Waals surface area contributed by atoms with Crippen LogP contribution in [0, 0.1) is 5.82 Å². The second kappa shape index (κ2) is 8.59. The van der Waals surface area contributed by atoms with Crippen LogP contribution >= 0.6 is 0 Å². The molecule has 5 nitrogen and oxygen atoms in total. The van der Waals surface area contributed by atoms with Crippen molar-refractivity contribution < 1.29 is 19.0 Å². The van der Waals surface area contributed by atoms with Crippen molar-refractivity contribution in [1.82, 2.24) is 4.98 Å². The van der Waals surface area contributed by atoms with Crippen molar-refractivity contribution in [1.29, 1.82) is 0 Å². The van der Waals surface area contributed by atoms with Gasteiger partial charge in [-0.25, -0.2) is 4.39 Å². The standard InChI is InChI=1S/C23H23FN2O3/c1-28-23(27)19-8-10-25-14-21(19)26-13-16-9-11-29-22-12-15(6-7-18(16)22)17-4-2-3-5-20(17)24/h2-8,10,12,14,16,23,26-27H,9,11,13H2,1H3. The minimum atomic E-state index is -1.01. The SMILES string of the molecule is COC(O)c1ccncc1NCC1CCOc2cc(-c3ccccc3F)ccc21. The molecule has 0 aliphatic carbocycles. The highest BCUT2D eigenvalue weighted by Gasteiger charge is 2.23. The fraction of sp³-hybridized carbons (Fsp3) is 0.261. The molecule has 0 saturated heterocycles. The van der Waals surface area contributed by atoms with E-state index in [9.17, 15) is 9.50 Å². The summed E-state index contributed by atoms with van der Waals surface area (Å²) in [4.78, 5) is 4.13. The summed E-state index contributed by atoms with van der Waals surface area (Å²) < 4.78 is 25.0. The number of halogens is 1. The van der Waals surface area contributed by atoms with Gasteiger partial charge in [0.1, 0.15) is 11.6 Å². The predicted molar refractivity (Wildman–Crippen MR) is 109 cm³/mol. The van der Waals surface area contributed by atoms with Gasteiger partial charge in [-0.2, -0.15) is 0 Å². The molecule has 2 unspecified atom stereocenters. The number of pyridine rings is 1. The maximum absolute atomic E-state index is 14.1. The third-order valence-corrected chi connectivity index (χ3v) is 5.25. The Labute approximate surface area is 169 Å². The van der Waals surface area contributed by atoms with Gasteiger partial charge in [-0.05, 0) is 35.7 Å².